The molecule has 0 heterocycles. The molecule has 3 aromatic carbocycles. The van der Waals surface area contributed by atoms with Crippen molar-refractivity contribution in [3.8, 4) is 11.1 Å². The van der Waals surface area contributed by atoms with Gasteiger partial charge in [-0.1, -0.05) is 116 Å². The molecule has 3 aromatic rings. The summed E-state index contributed by atoms with van der Waals surface area (Å²) in [4.78, 5) is 0. The summed E-state index contributed by atoms with van der Waals surface area (Å²) in [6.07, 6.45) is 0.887. The van der Waals surface area contributed by atoms with Gasteiger partial charge in [0.2, 0.25) is 0 Å². The third kappa shape index (κ3) is 6.04. The Hall–Kier alpha value is -1.42. The molecule has 1 N–H and O–H groups in total. The Morgan fingerprint density at radius 1 is 0.725 bits per heavy atom. The van der Waals surface area contributed by atoms with E-state index in [4.69, 9.17) is 0 Å². The molecule has 0 aliphatic heterocycles. The van der Waals surface area contributed by atoms with Gasteiger partial charge in [0, 0.05) is 19.9 Å². The van der Waals surface area contributed by atoms with Crippen LogP contribution >= 0.6 is 0 Å². The largest absolute Gasteiger partial charge is 2.00 e. The minimum absolute atomic E-state index is 0. The number of allylic oxidation sites excluding steroid dienone is 2. The van der Waals surface area contributed by atoms with Crippen LogP contribution < -0.4 is 24.8 Å². The third-order valence-electron chi connectivity index (χ3n) is 8.53. The van der Waals surface area contributed by atoms with E-state index >= 15 is 0 Å². The molecule has 2 aliphatic rings. The van der Waals surface area contributed by atoms with E-state index in [2.05, 4.69) is 116 Å². The molecule has 5 heteroatoms. The van der Waals surface area contributed by atoms with Crippen LogP contribution in [-0.4, -0.2) is 18.7 Å². The summed E-state index contributed by atoms with van der Waals surface area (Å²) in [5.74, 6) is 0.616. The van der Waals surface area contributed by atoms with E-state index in [1.165, 1.54) is 49.7 Å². The fourth-order valence-electron chi connectivity index (χ4n) is 6.27. The molecule has 0 radical (unpaired) electrons. The van der Waals surface area contributed by atoms with Crippen molar-refractivity contribution in [2.45, 2.75) is 90.6 Å². The summed E-state index contributed by atoms with van der Waals surface area (Å²) < 4.78 is 0. The van der Waals surface area contributed by atoms with Crippen LogP contribution in [0.5, 0.6) is 0 Å². The van der Waals surface area contributed by atoms with Crippen LogP contribution in [0, 0.1) is 0 Å². The molecular weight excluding hydrogens is 583 g/mol. The second-order valence-corrected chi connectivity index (χ2v) is 16.1. The van der Waals surface area contributed by atoms with E-state index in [1.807, 2.05) is 0 Å². The average Bonchev–Trinajstić information content (AvgIpc) is 3.17. The summed E-state index contributed by atoms with van der Waals surface area (Å²) in [6.45, 7) is 18.3. The smallest absolute Gasteiger partial charge is 1.00 e. The van der Waals surface area contributed by atoms with Crippen molar-refractivity contribution in [3.05, 3.63) is 99.8 Å². The fraction of sp³-hybridized carbons (Fsp3) is 0.400. The number of hydrogen-bond acceptors (Lipinski definition) is 1. The molecule has 0 saturated heterocycles. The summed E-state index contributed by atoms with van der Waals surface area (Å²) in [5.41, 5.74) is 11.8. The number of hydrogen-bond donors (Lipinski definition) is 1. The zero-order valence-electron chi connectivity index (χ0n) is 25.2. The summed E-state index contributed by atoms with van der Waals surface area (Å²) in [6, 6.07) is 25.2. The van der Waals surface area contributed by atoms with Gasteiger partial charge in [0.25, 0.3) is 0 Å². The molecule has 2 aliphatic carbocycles. The predicted octanol–water partition coefficient (Wildman–Crippen LogP) is 3.21. The predicted molar refractivity (Wildman–Crippen MR) is 163 cm³/mol. The monoisotopic (exact) mass is 624 g/mol. The maximum absolute atomic E-state index is 12.1. The Kier molecular flexibility index (Phi) is 11.2. The van der Waals surface area contributed by atoms with E-state index < -0.39 is 8.41 Å². The molecular formula is C35H42Cl2OSiTi. The van der Waals surface area contributed by atoms with Crippen molar-refractivity contribution < 1.29 is 51.6 Å². The first-order valence-corrected chi connectivity index (χ1v) is 15.9. The van der Waals surface area contributed by atoms with Crippen molar-refractivity contribution in [2.75, 3.05) is 0 Å². The molecule has 0 atom stereocenters. The van der Waals surface area contributed by atoms with E-state index in [0.29, 0.717) is 5.76 Å². The number of halogens is 2. The average molecular weight is 626 g/mol. The Labute approximate surface area is 270 Å². The van der Waals surface area contributed by atoms with Gasteiger partial charge in [-0.05, 0) is 79.0 Å². The molecule has 0 unspecified atom stereocenters. The second kappa shape index (κ2) is 12.8. The molecule has 0 spiro atoms. The topological polar surface area (TPSA) is 20.2 Å². The maximum atomic E-state index is 12.1. The molecule has 40 heavy (non-hydrogen) atoms. The van der Waals surface area contributed by atoms with Crippen molar-refractivity contribution in [2.24, 2.45) is 0 Å². The van der Waals surface area contributed by atoms with Crippen LogP contribution in [0.1, 0.15) is 94.7 Å². The first-order chi connectivity index (χ1) is 17.5. The Morgan fingerprint density at radius 2 is 1.20 bits per heavy atom. The van der Waals surface area contributed by atoms with Crippen molar-refractivity contribution in [3.63, 3.8) is 0 Å². The van der Waals surface area contributed by atoms with Gasteiger partial charge in [-0.2, -0.15) is 0 Å². The van der Waals surface area contributed by atoms with Crippen molar-refractivity contribution in [1.82, 2.24) is 0 Å². The Bertz CT molecular complexity index is 1390. The minimum Gasteiger partial charge on any atom is -1.00 e. The van der Waals surface area contributed by atoms with Gasteiger partial charge in [-0.3, -0.25) is 0 Å². The quantitative estimate of drug-likeness (QED) is 0.444. The van der Waals surface area contributed by atoms with E-state index in [9.17, 15) is 5.11 Å². The number of rotatable bonds is 3. The third-order valence-corrected chi connectivity index (χ3v) is 11.5. The van der Waals surface area contributed by atoms with Crippen molar-refractivity contribution in [1.29, 1.82) is 0 Å². The van der Waals surface area contributed by atoms with Crippen LogP contribution in [0.25, 0.3) is 16.7 Å². The summed E-state index contributed by atoms with van der Waals surface area (Å²) in [5, 5.41) is 13.5. The molecule has 0 amide bonds. The zero-order chi connectivity index (χ0) is 26.7. The van der Waals surface area contributed by atoms with E-state index in [0.717, 1.165) is 24.1 Å². The van der Waals surface area contributed by atoms with Gasteiger partial charge in [0.05, 0.1) is 0 Å². The first kappa shape index (κ1) is 34.8. The molecule has 5 rings (SSSR count). The number of aliphatic hydroxyl groups is 1. The molecule has 0 bridgehead atoms. The maximum Gasteiger partial charge on any atom is 2.00 e. The normalized spacial score (nSPS) is 14.3. The van der Waals surface area contributed by atoms with Gasteiger partial charge in [-0.15, -0.1) is 0 Å². The second-order valence-electron chi connectivity index (χ2n) is 12.9. The van der Waals surface area contributed by atoms with Gasteiger partial charge in [0.15, 0.2) is 0 Å². The fourth-order valence-corrected chi connectivity index (χ4v) is 8.53. The SMILES string of the molecule is CC[Si](CC)=C1Cc2ccccc2C(C2c3cc(C(C)(C)C)ccc3-c3ccc(C(C)(C)C)cc32)=C1O.[Cl-].[Cl-].[Ti+2]. The molecule has 210 valence electrons. The van der Waals surface area contributed by atoms with E-state index in [1.54, 1.807) is 0 Å². The molecule has 1 nitrogen and oxygen atoms in total. The zero-order valence-corrected chi connectivity index (χ0v) is 29.2. The van der Waals surface area contributed by atoms with Gasteiger partial charge in [-0.25, -0.2) is 0 Å². The molecule has 0 fully saturated rings. The molecule has 0 aromatic heterocycles. The van der Waals surface area contributed by atoms with Crippen LogP contribution in [0.3, 0.4) is 0 Å². The standard InChI is InChI=1S/C35H42OSi.2ClH.Ti/c1-9-37(10-2)30-19-22-13-11-12-14-25(22)32(33(30)36)31-28-20-23(34(3,4)5)15-17-26(28)27-18-16-24(21-29(27)31)35(6,7)8;;;/h11-18,20-21,31,36H,9-10,19H2,1-8H3;2*1H;/q;;;+2/p-2. The number of benzene rings is 3. The van der Waals surface area contributed by atoms with Crippen molar-refractivity contribution >= 4 is 19.2 Å². The first-order valence-electron chi connectivity index (χ1n) is 14.0. The Morgan fingerprint density at radius 3 is 1.65 bits per heavy atom. The van der Waals surface area contributed by atoms with Crippen LogP contribution in [0.2, 0.25) is 12.1 Å². The summed E-state index contributed by atoms with van der Waals surface area (Å²) >= 11 is 0. The number of fused-ring (bicyclic) bond motifs is 4. The van der Waals surface area contributed by atoms with Gasteiger partial charge in [0.1, 0.15) is 5.76 Å². The van der Waals surface area contributed by atoms with Crippen LogP contribution in [-0.2, 0) is 39.0 Å². The van der Waals surface area contributed by atoms with Crippen LogP contribution in [0.4, 0.5) is 0 Å². The summed E-state index contributed by atoms with van der Waals surface area (Å²) in [7, 11) is -0.782. The molecule has 0 saturated carbocycles. The number of aliphatic hydroxyl groups excluding tert-OH is 1. The minimum atomic E-state index is -0.782. The Balaban J connectivity index is 0.00000187. The van der Waals surface area contributed by atoms with Gasteiger partial charge >= 0.3 is 21.7 Å². The van der Waals surface area contributed by atoms with Gasteiger partial charge < -0.3 is 29.9 Å². The van der Waals surface area contributed by atoms with E-state index in [-0.39, 0.29) is 63.3 Å². The van der Waals surface area contributed by atoms with Crippen LogP contribution in [0.15, 0.2) is 66.4 Å².